The Morgan fingerprint density at radius 3 is 2.62 bits per heavy atom. The highest BCUT2D eigenvalue weighted by Crippen LogP contribution is 2.41. The molecule has 2 aliphatic rings. The number of rotatable bonds is 4. The zero-order chi connectivity index (χ0) is 18.6. The molecule has 1 heterocycles. The van der Waals surface area contributed by atoms with Gasteiger partial charge in [0, 0.05) is 13.1 Å². The number of carbonyl (C=O) groups is 1. The minimum absolute atomic E-state index is 0.143. The van der Waals surface area contributed by atoms with Crippen molar-refractivity contribution in [3.05, 3.63) is 47.0 Å². The van der Waals surface area contributed by atoms with Crippen LogP contribution < -0.4 is 10.6 Å². The molecule has 1 fully saturated rings. The summed E-state index contributed by atoms with van der Waals surface area (Å²) in [5.41, 5.74) is 0.122. The third-order valence-corrected chi connectivity index (χ3v) is 5.52. The van der Waals surface area contributed by atoms with E-state index < -0.39 is 17.2 Å². The number of alkyl halides is 3. The maximum Gasteiger partial charge on any atom is 0.416 e. The van der Waals surface area contributed by atoms with Crippen molar-refractivity contribution in [3.63, 3.8) is 0 Å². The average molecular weight is 366 g/mol. The van der Waals surface area contributed by atoms with Gasteiger partial charge in [-0.25, -0.2) is 0 Å². The predicted octanol–water partition coefficient (Wildman–Crippen LogP) is 3.94. The topological polar surface area (TPSA) is 41.1 Å². The molecule has 1 saturated carbocycles. The highest BCUT2D eigenvalue weighted by atomic mass is 19.4. The van der Waals surface area contributed by atoms with Crippen LogP contribution in [-0.4, -0.2) is 25.5 Å². The molecule has 0 bridgehead atoms. The minimum Gasteiger partial charge on any atom is -0.352 e. The van der Waals surface area contributed by atoms with E-state index in [1.807, 2.05) is 0 Å². The van der Waals surface area contributed by atoms with Gasteiger partial charge < -0.3 is 10.6 Å². The van der Waals surface area contributed by atoms with E-state index in [1.54, 1.807) is 6.07 Å². The monoisotopic (exact) mass is 366 g/mol. The first kappa shape index (κ1) is 19.0. The van der Waals surface area contributed by atoms with Gasteiger partial charge >= 0.3 is 6.18 Å². The summed E-state index contributed by atoms with van der Waals surface area (Å²) < 4.78 is 39.4. The summed E-state index contributed by atoms with van der Waals surface area (Å²) in [5.74, 6) is -0.143. The predicted molar refractivity (Wildman–Crippen MR) is 94.8 cm³/mol. The van der Waals surface area contributed by atoms with Crippen LogP contribution in [0.4, 0.5) is 13.2 Å². The van der Waals surface area contributed by atoms with Gasteiger partial charge in [-0.1, -0.05) is 49.1 Å². The van der Waals surface area contributed by atoms with E-state index in [9.17, 15) is 18.0 Å². The number of amides is 1. The Labute approximate surface area is 152 Å². The molecule has 0 aromatic heterocycles. The molecule has 3 rings (SSSR count). The van der Waals surface area contributed by atoms with Gasteiger partial charge in [-0.15, -0.1) is 0 Å². The molecule has 0 atom stereocenters. The molecule has 1 aliphatic carbocycles. The third-order valence-electron chi connectivity index (χ3n) is 5.52. The molecule has 0 radical (unpaired) electrons. The molecule has 2 N–H and O–H groups in total. The number of hydrogen-bond acceptors (Lipinski definition) is 2. The second-order valence-electron chi connectivity index (χ2n) is 7.22. The standard InChI is InChI=1S/C20H25F3N2O/c21-20(22,23)17-6-4-5-16(13-17)19(9-2-1-3-10-19)18(26)25-14-15-7-11-24-12-8-15/h4-7,13,24H,1-3,8-12,14H2,(H,25,26). The maximum absolute atomic E-state index is 13.1. The second-order valence-corrected chi connectivity index (χ2v) is 7.22. The van der Waals surface area contributed by atoms with Crippen LogP contribution in [0.15, 0.2) is 35.9 Å². The van der Waals surface area contributed by atoms with E-state index in [1.165, 1.54) is 11.6 Å². The third kappa shape index (κ3) is 4.11. The van der Waals surface area contributed by atoms with Crippen molar-refractivity contribution in [3.8, 4) is 0 Å². The van der Waals surface area contributed by atoms with Crippen LogP contribution in [0.5, 0.6) is 0 Å². The van der Waals surface area contributed by atoms with Crippen LogP contribution in [0, 0.1) is 0 Å². The zero-order valence-corrected chi connectivity index (χ0v) is 14.8. The van der Waals surface area contributed by atoms with Gasteiger partial charge in [0.2, 0.25) is 5.91 Å². The van der Waals surface area contributed by atoms with Gasteiger partial charge in [0.05, 0.1) is 11.0 Å². The minimum atomic E-state index is -4.40. The normalized spacial score (nSPS) is 20.3. The van der Waals surface area contributed by atoms with E-state index >= 15 is 0 Å². The summed E-state index contributed by atoms with van der Waals surface area (Å²) in [7, 11) is 0. The van der Waals surface area contributed by atoms with E-state index in [2.05, 4.69) is 16.7 Å². The summed E-state index contributed by atoms with van der Waals surface area (Å²) in [4.78, 5) is 13.1. The highest BCUT2D eigenvalue weighted by molar-refractivity contribution is 5.88. The molecule has 0 unspecified atom stereocenters. The molecule has 142 valence electrons. The van der Waals surface area contributed by atoms with Crippen LogP contribution in [0.3, 0.4) is 0 Å². The number of benzene rings is 1. The summed E-state index contributed by atoms with van der Waals surface area (Å²) in [5, 5.41) is 6.23. The number of carbonyl (C=O) groups excluding carboxylic acids is 1. The van der Waals surface area contributed by atoms with Crippen molar-refractivity contribution >= 4 is 5.91 Å². The van der Waals surface area contributed by atoms with Crippen molar-refractivity contribution in [1.29, 1.82) is 0 Å². The highest BCUT2D eigenvalue weighted by Gasteiger charge is 2.42. The Bertz CT molecular complexity index is 676. The Balaban J connectivity index is 1.84. The Kier molecular flexibility index (Phi) is 5.70. The fourth-order valence-electron chi connectivity index (χ4n) is 3.99. The molecular formula is C20H25F3N2O. The van der Waals surface area contributed by atoms with Gasteiger partial charge in [-0.05, 0) is 37.4 Å². The van der Waals surface area contributed by atoms with Crippen LogP contribution >= 0.6 is 0 Å². The summed E-state index contributed by atoms with van der Waals surface area (Å²) in [6.45, 7) is 2.16. The largest absolute Gasteiger partial charge is 0.416 e. The SMILES string of the molecule is O=C(NCC1=CCNCC1)C1(c2cccc(C(F)(F)F)c2)CCCCC1. The lowest BCUT2D eigenvalue weighted by atomic mass is 9.68. The lowest BCUT2D eigenvalue weighted by Gasteiger charge is -2.37. The van der Waals surface area contributed by atoms with Crippen LogP contribution in [-0.2, 0) is 16.4 Å². The van der Waals surface area contributed by atoms with Crippen molar-refractivity contribution in [2.75, 3.05) is 19.6 Å². The first-order valence-corrected chi connectivity index (χ1v) is 9.26. The maximum atomic E-state index is 13.1. The fraction of sp³-hybridized carbons (Fsp3) is 0.550. The van der Waals surface area contributed by atoms with Gasteiger partial charge in [0.15, 0.2) is 0 Å². The van der Waals surface area contributed by atoms with E-state index in [4.69, 9.17) is 0 Å². The Hall–Kier alpha value is -1.82. The number of hydrogen-bond donors (Lipinski definition) is 2. The molecule has 6 heteroatoms. The molecule has 1 aromatic carbocycles. The molecule has 0 saturated heterocycles. The van der Waals surface area contributed by atoms with E-state index in [0.29, 0.717) is 24.9 Å². The van der Waals surface area contributed by atoms with Crippen molar-refractivity contribution in [1.82, 2.24) is 10.6 Å². The van der Waals surface area contributed by atoms with Crippen molar-refractivity contribution in [2.45, 2.75) is 50.1 Å². The van der Waals surface area contributed by atoms with Crippen molar-refractivity contribution in [2.24, 2.45) is 0 Å². The quantitative estimate of drug-likeness (QED) is 0.793. The molecule has 0 spiro atoms. The van der Waals surface area contributed by atoms with Crippen LogP contribution in [0.2, 0.25) is 0 Å². The summed E-state index contributed by atoms with van der Waals surface area (Å²) >= 11 is 0. The lowest BCUT2D eigenvalue weighted by molar-refractivity contribution is -0.138. The first-order chi connectivity index (χ1) is 12.4. The molecule has 3 nitrogen and oxygen atoms in total. The lowest BCUT2D eigenvalue weighted by Crippen LogP contribution is -2.46. The second kappa shape index (κ2) is 7.82. The fourth-order valence-corrected chi connectivity index (χ4v) is 3.99. The van der Waals surface area contributed by atoms with Crippen molar-refractivity contribution < 1.29 is 18.0 Å². The van der Waals surface area contributed by atoms with Gasteiger partial charge in [0.1, 0.15) is 0 Å². The van der Waals surface area contributed by atoms with Gasteiger partial charge in [-0.3, -0.25) is 4.79 Å². The zero-order valence-electron chi connectivity index (χ0n) is 14.8. The van der Waals surface area contributed by atoms with E-state index in [0.717, 1.165) is 50.9 Å². The van der Waals surface area contributed by atoms with Gasteiger partial charge in [0.25, 0.3) is 0 Å². The van der Waals surface area contributed by atoms with E-state index in [-0.39, 0.29) is 5.91 Å². The Morgan fingerprint density at radius 2 is 1.96 bits per heavy atom. The average Bonchev–Trinajstić information content (AvgIpc) is 2.67. The Morgan fingerprint density at radius 1 is 1.19 bits per heavy atom. The van der Waals surface area contributed by atoms with Crippen LogP contribution in [0.25, 0.3) is 0 Å². The van der Waals surface area contributed by atoms with Gasteiger partial charge in [-0.2, -0.15) is 13.2 Å². The molecule has 1 amide bonds. The molecule has 1 aromatic rings. The van der Waals surface area contributed by atoms with Crippen LogP contribution in [0.1, 0.15) is 49.7 Å². The summed E-state index contributed by atoms with van der Waals surface area (Å²) in [6, 6.07) is 5.31. The summed E-state index contributed by atoms with van der Waals surface area (Å²) in [6.07, 6.45) is 2.49. The number of nitrogens with one attached hydrogen (secondary N) is 2. The number of halogens is 3. The smallest absolute Gasteiger partial charge is 0.352 e. The molecule has 1 aliphatic heterocycles. The molecular weight excluding hydrogens is 341 g/mol. The molecule has 26 heavy (non-hydrogen) atoms. The first-order valence-electron chi connectivity index (χ1n) is 9.26.